The highest BCUT2D eigenvalue weighted by Crippen LogP contribution is 2.31. The Morgan fingerprint density at radius 2 is 1.56 bits per heavy atom. The van der Waals surface area contributed by atoms with Crippen molar-refractivity contribution in [1.82, 2.24) is 0 Å². The summed E-state index contributed by atoms with van der Waals surface area (Å²) < 4.78 is 27.8. The Balaban J connectivity index is 1.50. The van der Waals surface area contributed by atoms with Crippen LogP contribution in [-0.2, 0) is 34.9 Å². The predicted molar refractivity (Wildman–Crippen MR) is 143 cm³/mol. The van der Waals surface area contributed by atoms with Crippen molar-refractivity contribution in [2.24, 2.45) is 0 Å². The lowest BCUT2D eigenvalue weighted by atomic mass is 9.97. The molecule has 0 aliphatic carbocycles. The number of ether oxygens (including phenoxy) is 5. The van der Waals surface area contributed by atoms with Gasteiger partial charge in [-0.2, -0.15) is 0 Å². The normalized spacial score (nSPS) is 31.2. The van der Waals surface area contributed by atoms with Gasteiger partial charge >= 0.3 is 5.97 Å². The molecule has 9 N–H and O–H groups in total. The third-order valence-corrected chi connectivity index (χ3v) is 6.92. The van der Waals surface area contributed by atoms with Crippen molar-refractivity contribution in [1.29, 1.82) is 0 Å². The summed E-state index contributed by atoms with van der Waals surface area (Å²) in [6.45, 7) is -1.23. The summed E-state index contributed by atoms with van der Waals surface area (Å²) in [5.74, 6) is -2.39. The first-order valence-electron chi connectivity index (χ1n) is 13.3. The van der Waals surface area contributed by atoms with Crippen LogP contribution in [0.1, 0.15) is 11.1 Å². The van der Waals surface area contributed by atoms with Crippen LogP contribution in [0.3, 0.4) is 0 Å². The second-order valence-corrected chi connectivity index (χ2v) is 9.99. The van der Waals surface area contributed by atoms with E-state index >= 15 is 0 Å². The fourth-order valence-corrected chi connectivity index (χ4v) is 4.53. The van der Waals surface area contributed by atoms with Crippen LogP contribution in [0.15, 0.2) is 42.5 Å². The SMILES string of the molecule is O=C(/C=C/c1ccc(O)c(O)c1)O[C@H]1[C@H](O[C@@H]2OC[C@@H](O)[C@H](O)[C@H]2O)[C@@H](O)[C@H](OCCc2ccc(O)c(O)c2)O[C@@H]1CO. The number of hydrogen-bond donors (Lipinski definition) is 9. The lowest BCUT2D eigenvalue weighted by Gasteiger charge is -2.45. The number of hydrogen-bond acceptors (Lipinski definition) is 15. The molecule has 0 aromatic heterocycles. The van der Waals surface area contributed by atoms with Crippen molar-refractivity contribution >= 4 is 12.0 Å². The van der Waals surface area contributed by atoms with Crippen LogP contribution in [0.25, 0.3) is 6.08 Å². The van der Waals surface area contributed by atoms with Gasteiger partial charge in [-0.15, -0.1) is 0 Å². The molecule has 15 nitrogen and oxygen atoms in total. The highest BCUT2D eigenvalue weighted by Gasteiger charge is 2.51. The van der Waals surface area contributed by atoms with E-state index in [1.807, 2.05) is 0 Å². The molecule has 0 radical (unpaired) electrons. The van der Waals surface area contributed by atoms with Crippen LogP contribution in [0.5, 0.6) is 23.0 Å². The number of rotatable bonds is 10. The Hall–Kier alpha value is -3.51. The average molecular weight is 611 g/mol. The van der Waals surface area contributed by atoms with Gasteiger partial charge in [0.05, 0.1) is 19.8 Å². The van der Waals surface area contributed by atoms with E-state index < -0.39 is 80.2 Å². The first-order valence-corrected chi connectivity index (χ1v) is 13.3. The van der Waals surface area contributed by atoms with E-state index in [2.05, 4.69) is 0 Å². The van der Waals surface area contributed by atoms with E-state index in [1.54, 1.807) is 6.07 Å². The van der Waals surface area contributed by atoms with Crippen LogP contribution in [0.4, 0.5) is 0 Å². The van der Waals surface area contributed by atoms with Crippen molar-refractivity contribution in [3.63, 3.8) is 0 Å². The van der Waals surface area contributed by atoms with Crippen molar-refractivity contribution in [2.45, 2.75) is 61.7 Å². The number of phenolic OH excluding ortho intramolecular Hbond substituents is 4. The lowest BCUT2D eigenvalue weighted by Crippen LogP contribution is -2.64. The predicted octanol–water partition coefficient (Wildman–Crippen LogP) is -1.40. The molecular weight excluding hydrogens is 576 g/mol. The Bertz CT molecular complexity index is 1270. The molecular formula is C28H34O15. The quantitative estimate of drug-likeness (QED) is 0.0853. The Morgan fingerprint density at radius 1 is 0.860 bits per heavy atom. The van der Waals surface area contributed by atoms with Gasteiger partial charge in [0.15, 0.2) is 41.7 Å². The molecule has 0 saturated carbocycles. The number of benzene rings is 2. The molecule has 2 aromatic rings. The minimum Gasteiger partial charge on any atom is -0.504 e. The maximum atomic E-state index is 12.7. The topological polar surface area (TPSA) is 245 Å². The molecule has 0 unspecified atom stereocenters. The highest BCUT2D eigenvalue weighted by atomic mass is 16.7. The van der Waals surface area contributed by atoms with E-state index in [1.165, 1.54) is 36.4 Å². The second kappa shape index (κ2) is 14.3. The van der Waals surface area contributed by atoms with Gasteiger partial charge in [-0.05, 0) is 47.9 Å². The zero-order valence-electron chi connectivity index (χ0n) is 22.6. The van der Waals surface area contributed by atoms with Crippen molar-refractivity contribution in [2.75, 3.05) is 19.8 Å². The summed E-state index contributed by atoms with van der Waals surface area (Å²) in [4.78, 5) is 12.7. The summed E-state index contributed by atoms with van der Waals surface area (Å²) in [6.07, 6.45) is -11.5. The molecule has 15 heteroatoms. The molecule has 2 aromatic carbocycles. The molecule has 2 heterocycles. The maximum Gasteiger partial charge on any atom is 0.331 e. The number of phenols is 4. The minimum absolute atomic E-state index is 0.0725. The van der Waals surface area contributed by atoms with Crippen molar-refractivity contribution < 1.29 is 74.4 Å². The molecule has 2 saturated heterocycles. The van der Waals surface area contributed by atoms with E-state index in [0.29, 0.717) is 11.1 Å². The van der Waals surface area contributed by atoms with Crippen LogP contribution < -0.4 is 0 Å². The highest BCUT2D eigenvalue weighted by molar-refractivity contribution is 5.87. The zero-order chi connectivity index (χ0) is 31.3. The van der Waals surface area contributed by atoms with Crippen LogP contribution >= 0.6 is 0 Å². The van der Waals surface area contributed by atoms with Gasteiger partial charge in [0.1, 0.15) is 36.6 Å². The second-order valence-electron chi connectivity index (χ2n) is 9.99. The summed E-state index contributed by atoms with van der Waals surface area (Å²) in [5, 5.41) is 89.8. The van der Waals surface area contributed by atoms with E-state index in [9.17, 15) is 50.8 Å². The molecule has 0 spiro atoms. The van der Waals surface area contributed by atoms with Gasteiger partial charge < -0.3 is 69.6 Å². The third kappa shape index (κ3) is 7.91. The average Bonchev–Trinajstić information content (AvgIpc) is 2.98. The number of carbonyl (C=O) groups excluding carboxylic acids is 1. The first kappa shape index (κ1) is 32.4. The lowest BCUT2D eigenvalue weighted by molar-refractivity contribution is -0.349. The van der Waals surface area contributed by atoms with Gasteiger partial charge in [-0.3, -0.25) is 0 Å². The standard InChI is InChI=1S/C28H34O15/c29-11-20-25(42-21(35)6-3-13-1-4-15(30)17(32)9-13)26(43-27-23(37)22(36)19(34)12-40-27)24(38)28(41-20)39-8-7-14-2-5-16(31)18(33)10-14/h1-6,9-10,19-20,22-34,36-38H,7-8,11-12H2/b6-3+/t19-,20-,22+,23-,24-,25-,26-,27+,28-/m1/s1. The first-order chi connectivity index (χ1) is 20.5. The summed E-state index contributed by atoms with van der Waals surface area (Å²) >= 11 is 0. The molecule has 2 aliphatic rings. The summed E-state index contributed by atoms with van der Waals surface area (Å²) in [6, 6.07) is 7.98. The summed E-state index contributed by atoms with van der Waals surface area (Å²) in [5.41, 5.74) is 0.916. The van der Waals surface area contributed by atoms with E-state index in [4.69, 9.17) is 23.7 Å². The molecule has 43 heavy (non-hydrogen) atoms. The monoisotopic (exact) mass is 610 g/mol. The molecule has 0 bridgehead atoms. The fraction of sp³-hybridized carbons (Fsp3) is 0.464. The number of esters is 1. The fourth-order valence-electron chi connectivity index (χ4n) is 4.53. The van der Waals surface area contributed by atoms with Gasteiger partial charge in [0.2, 0.25) is 0 Å². The Morgan fingerprint density at radius 3 is 2.23 bits per heavy atom. The van der Waals surface area contributed by atoms with Crippen LogP contribution in [-0.4, -0.2) is 127 Å². The number of aliphatic hydroxyl groups is 5. The van der Waals surface area contributed by atoms with Gasteiger partial charge in [-0.1, -0.05) is 12.1 Å². The van der Waals surface area contributed by atoms with Crippen molar-refractivity contribution in [3.8, 4) is 23.0 Å². The van der Waals surface area contributed by atoms with E-state index in [0.717, 1.165) is 6.08 Å². The zero-order valence-corrected chi connectivity index (χ0v) is 22.6. The van der Waals surface area contributed by atoms with Crippen molar-refractivity contribution in [3.05, 3.63) is 53.6 Å². The number of aliphatic hydroxyl groups excluding tert-OH is 5. The Labute approximate surface area is 245 Å². The molecule has 0 amide bonds. The molecule has 9 atom stereocenters. The van der Waals surface area contributed by atoms with Crippen LogP contribution in [0.2, 0.25) is 0 Å². The molecule has 2 fully saturated rings. The molecule has 4 rings (SSSR count). The smallest absolute Gasteiger partial charge is 0.331 e. The molecule has 2 aliphatic heterocycles. The minimum atomic E-state index is -1.76. The van der Waals surface area contributed by atoms with Gasteiger partial charge in [-0.25, -0.2) is 4.79 Å². The number of carbonyl (C=O) groups is 1. The Kier molecular flexibility index (Phi) is 10.8. The third-order valence-electron chi connectivity index (χ3n) is 6.92. The van der Waals surface area contributed by atoms with E-state index in [-0.39, 0.29) is 30.3 Å². The van der Waals surface area contributed by atoms with Gasteiger partial charge in [0.25, 0.3) is 0 Å². The number of aromatic hydroxyl groups is 4. The summed E-state index contributed by atoms with van der Waals surface area (Å²) in [7, 11) is 0. The van der Waals surface area contributed by atoms with Gasteiger partial charge in [0, 0.05) is 6.08 Å². The maximum absolute atomic E-state index is 12.7. The largest absolute Gasteiger partial charge is 0.504 e. The van der Waals surface area contributed by atoms with Crippen LogP contribution in [0, 0.1) is 0 Å². The molecule has 236 valence electrons.